The normalized spacial score (nSPS) is 20.1. The van der Waals surface area contributed by atoms with Gasteiger partial charge in [0.15, 0.2) is 0 Å². The molecule has 4 heterocycles. The Morgan fingerprint density at radius 1 is 0.667 bits per heavy atom. The molecule has 4 aliphatic rings. The van der Waals surface area contributed by atoms with Crippen molar-refractivity contribution in [3.63, 3.8) is 0 Å². The van der Waals surface area contributed by atoms with E-state index >= 15 is 0 Å². The maximum atomic E-state index is 12.0. The van der Waals surface area contributed by atoms with Crippen molar-refractivity contribution in [2.45, 2.75) is 44.7 Å². The maximum absolute atomic E-state index is 12.0. The van der Waals surface area contributed by atoms with Gasteiger partial charge in [-0.2, -0.15) is 8.61 Å². The third-order valence-corrected chi connectivity index (χ3v) is 14.7. The van der Waals surface area contributed by atoms with Crippen LogP contribution >= 0.6 is 23.2 Å². The van der Waals surface area contributed by atoms with Crippen LogP contribution < -0.4 is 0 Å². The lowest BCUT2D eigenvalue weighted by Gasteiger charge is -2.38. The van der Waals surface area contributed by atoms with Crippen LogP contribution in [0.1, 0.15) is 89.5 Å². The molecular formula is C44H50Cl2N6O6S2. The fourth-order valence-electron chi connectivity index (χ4n) is 8.73. The minimum Gasteiger partial charge on any atom is -0.481 e. The van der Waals surface area contributed by atoms with Crippen molar-refractivity contribution in [1.29, 1.82) is 0 Å². The molecule has 16 heteroatoms. The van der Waals surface area contributed by atoms with E-state index in [0.29, 0.717) is 63.8 Å². The topological polar surface area (TPSA) is 144 Å². The number of rotatable bonds is 9. The molecule has 2 atom stereocenters. The predicted molar refractivity (Wildman–Crippen MR) is 239 cm³/mol. The van der Waals surface area contributed by atoms with Crippen molar-refractivity contribution in [2.24, 2.45) is 0 Å². The second-order valence-electron chi connectivity index (χ2n) is 15.6. The Bertz CT molecular complexity index is 2540. The summed E-state index contributed by atoms with van der Waals surface area (Å²) in [5.74, 6) is -0.852. The first kappa shape index (κ1) is 44.1. The monoisotopic (exact) mass is 892 g/mol. The number of aliphatic carboxylic acids is 1. The van der Waals surface area contributed by atoms with Crippen LogP contribution in [0.15, 0.2) is 73.1 Å². The molecule has 2 aliphatic heterocycles. The zero-order valence-electron chi connectivity index (χ0n) is 34.0. The molecule has 2 aliphatic carbocycles. The zero-order chi connectivity index (χ0) is 42.8. The average Bonchev–Trinajstić information content (AvgIpc) is 3.43. The molecule has 0 bridgehead atoms. The number of carboxylic acids is 1. The average molecular weight is 894 g/mol. The van der Waals surface area contributed by atoms with Crippen LogP contribution in [-0.2, 0) is 24.8 Å². The Morgan fingerprint density at radius 2 is 1.08 bits per heavy atom. The molecular weight excluding hydrogens is 844 g/mol. The Labute approximate surface area is 363 Å². The minimum atomic E-state index is -3.23. The Balaban J connectivity index is 0.000000182. The van der Waals surface area contributed by atoms with Gasteiger partial charge in [-0.1, -0.05) is 73.0 Å². The predicted octanol–water partition coefficient (Wildman–Crippen LogP) is 7.18. The van der Waals surface area contributed by atoms with Gasteiger partial charge in [0.2, 0.25) is 20.0 Å². The maximum Gasteiger partial charge on any atom is 0.303 e. The van der Waals surface area contributed by atoms with Gasteiger partial charge >= 0.3 is 5.97 Å². The molecule has 0 saturated carbocycles. The molecule has 2 saturated heterocycles. The van der Waals surface area contributed by atoms with E-state index in [1.54, 1.807) is 10.5 Å². The first-order valence-corrected chi connectivity index (χ1v) is 24.6. The minimum absolute atomic E-state index is 0.0216. The number of piperazine rings is 2. The van der Waals surface area contributed by atoms with E-state index in [4.69, 9.17) is 33.2 Å². The van der Waals surface area contributed by atoms with E-state index < -0.39 is 26.0 Å². The SMILES string of the molecule is CCCC1=Cc2cc(Cl)ccc2C(N2CCN(S(C)(=O)=O)CC2)c2ncccc21.CS(=O)(=O)N1CCN(C2c3ccc(Cl)cc3C=C(CCC(=O)O)c3cccnc32)CC1. The first-order chi connectivity index (χ1) is 28.6. The Kier molecular flexibility index (Phi) is 13.6. The van der Waals surface area contributed by atoms with Crippen LogP contribution in [-0.4, -0.2) is 121 Å². The van der Waals surface area contributed by atoms with Crippen molar-refractivity contribution < 1.29 is 26.7 Å². The van der Waals surface area contributed by atoms with Gasteiger partial charge in [-0.05, 0) is 82.6 Å². The number of allylic oxidation sites excluding steroid dienone is 2. The smallest absolute Gasteiger partial charge is 0.303 e. The summed E-state index contributed by atoms with van der Waals surface area (Å²) in [4.78, 5) is 25.3. The van der Waals surface area contributed by atoms with Gasteiger partial charge in [-0.25, -0.2) is 16.8 Å². The number of halogens is 2. The summed E-state index contributed by atoms with van der Waals surface area (Å²) in [5.41, 5.74) is 10.4. The summed E-state index contributed by atoms with van der Waals surface area (Å²) >= 11 is 12.6. The molecule has 2 aromatic carbocycles. The van der Waals surface area contributed by atoms with Crippen LogP contribution in [0.2, 0.25) is 10.0 Å². The zero-order valence-corrected chi connectivity index (χ0v) is 37.1. The van der Waals surface area contributed by atoms with E-state index in [-0.39, 0.29) is 18.5 Å². The summed E-state index contributed by atoms with van der Waals surface area (Å²) in [6.45, 7) is 6.48. The van der Waals surface area contributed by atoms with E-state index in [1.807, 2.05) is 60.8 Å². The molecule has 0 spiro atoms. The van der Waals surface area contributed by atoms with Gasteiger partial charge < -0.3 is 5.11 Å². The van der Waals surface area contributed by atoms with Gasteiger partial charge in [-0.3, -0.25) is 24.6 Å². The van der Waals surface area contributed by atoms with E-state index in [2.05, 4.69) is 34.9 Å². The van der Waals surface area contributed by atoms with E-state index in [0.717, 1.165) is 57.1 Å². The fourth-order valence-corrected chi connectivity index (χ4v) is 10.7. The standard InChI is InChI=1S/C22H24ClN3O4S.C22H26ClN3O2S/c1-31(29,30)26-11-9-25(10-12-26)22-19-6-5-17(23)14-16(19)13-15(4-7-20(27)28)18-3-2-8-24-21(18)22;1-3-5-16-14-17-15-18(23)7-8-20(17)22(21-19(16)6-4-9-24-21)25-10-12-26(13-11-25)29(2,27)28/h2-3,5-6,8,13-14,22H,4,7,9-12H2,1H3,(H,27,28);4,6-9,14-15,22H,3,5,10-13H2,1-2H3. The third kappa shape index (κ3) is 9.87. The van der Waals surface area contributed by atoms with Crippen LogP contribution in [0.25, 0.3) is 23.3 Å². The van der Waals surface area contributed by atoms with Crippen LogP contribution in [0.3, 0.4) is 0 Å². The van der Waals surface area contributed by atoms with Crippen LogP contribution in [0, 0.1) is 0 Å². The van der Waals surface area contributed by atoms with Gasteiger partial charge in [0.1, 0.15) is 0 Å². The Hall–Kier alpha value is -3.99. The van der Waals surface area contributed by atoms with Gasteiger partial charge in [0, 0.05) is 92.3 Å². The molecule has 2 aromatic heterocycles. The van der Waals surface area contributed by atoms with Crippen molar-refractivity contribution in [2.75, 3.05) is 64.9 Å². The highest BCUT2D eigenvalue weighted by Gasteiger charge is 2.36. The highest BCUT2D eigenvalue weighted by Crippen LogP contribution is 2.43. The molecule has 8 rings (SSSR count). The highest BCUT2D eigenvalue weighted by atomic mass is 35.5. The number of aromatic nitrogens is 2. The van der Waals surface area contributed by atoms with E-state index in [1.165, 1.54) is 33.5 Å². The van der Waals surface area contributed by atoms with Gasteiger partial charge in [-0.15, -0.1) is 0 Å². The molecule has 0 amide bonds. The number of carboxylic acid groups (broad SMARTS) is 1. The second-order valence-corrected chi connectivity index (χ2v) is 20.4. The van der Waals surface area contributed by atoms with Crippen molar-refractivity contribution >= 4 is 72.5 Å². The summed E-state index contributed by atoms with van der Waals surface area (Å²) in [7, 11) is -6.40. The first-order valence-electron chi connectivity index (χ1n) is 20.1. The number of fused-ring (bicyclic) bond motifs is 4. The molecule has 0 radical (unpaired) electrons. The van der Waals surface area contributed by atoms with Gasteiger partial charge in [0.05, 0.1) is 36.0 Å². The molecule has 2 fully saturated rings. The number of carbonyl (C=O) groups is 1. The largest absolute Gasteiger partial charge is 0.481 e. The van der Waals surface area contributed by atoms with E-state index in [9.17, 15) is 26.7 Å². The summed E-state index contributed by atoms with van der Waals surface area (Å²) in [6.07, 6.45) is 12.8. The number of hydrogen-bond acceptors (Lipinski definition) is 9. The Morgan fingerprint density at radius 3 is 1.47 bits per heavy atom. The molecule has 1 N–H and O–H groups in total. The van der Waals surface area contributed by atoms with Crippen LogP contribution in [0.5, 0.6) is 0 Å². The number of benzene rings is 2. The number of sulfonamides is 2. The number of pyridine rings is 2. The highest BCUT2D eigenvalue weighted by molar-refractivity contribution is 7.88. The second kappa shape index (κ2) is 18.5. The summed E-state index contributed by atoms with van der Waals surface area (Å²) in [6, 6.07) is 19.5. The molecule has 318 valence electrons. The number of nitrogens with zero attached hydrogens (tertiary/aromatic N) is 6. The quantitative estimate of drug-likeness (QED) is 0.184. The van der Waals surface area contributed by atoms with Crippen LogP contribution in [0.4, 0.5) is 0 Å². The lowest BCUT2D eigenvalue weighted by molar-refractivity contribution is -0.136. The molecule has 60 heavy (non-hydrogen) atoms. The fraction of sp³-hybridized carbons (Fsp3) is 0.386. The summed E-state index contributed by atoms with van der Waals surface area (Å²) < 4.78 is 50.9. The third-order valence-electron chi connectivity index (χ3n) is 11.6. The number of hydrogen-bond donors (Lipinski definition) is 1. The van der Waals surface area contributed by atoms with Crippen molar-refractivity contribution in [1.82, 2.24) is 28.4 Å². The van der Waals surface area contributed by atoms with Crippen molar-refractivity contribution in [3.8, 4) is 0 Å². The molecule has 4 aromatic rings. The molecule has 2 unspecified atom stereocenters. The van der Waals surface area contributed by atoms with Gasteiger partial charge in [0.25, 0.3) is 0 Å². The molecule has 12 nitrogen and oxygen atoms in total. The van der Waals surface area contributed by atoms with Crippen molar-refractivity contribution in [3.05, 3.63) is 128 Å². The lowest BCUT2D eigenvalue weighted by atomic mass is 9.95. The lowest BCUT2D eigenvalue weighted by Crippen LogP contribution is -2.49. The summed E-state index contributed by atoms with van der Waals surface area (Å²) in [5, 5.41) is 10.5.